The zero-order valence-corrected chi connectivity index (χ0v) is 8.89. The maximum atomic E-state index is 3.36. The number of rotatable bonds is 1. The van der Waals surface area contributed by atoms with Crippen molar-refractivity contribution in [3.63, 3.8) is 0 Å². The van der Waals surface area contributed by atoms with Crippen LogP contribution in [0.3, 0.4) is 0 Å². The van der Waals surface area contributed by atoms with Crippen LogP contribution >= 0.6 is 31.9 Å². The largest absolute Gasteiger partial charge is 0.113 e. The second-order valence-electron chi connectivity index (χ2n) is 1.97. The first-order chi connectivity index (χ1) is 5.33. The molecule has 0 aromatic heterocycles. The van der Waals surface area contributed by atoms with E-state index in [1.165, 1.54) is 0 Å². The number of benzene rings is 1. The summed E-state index contributed by atoms with van der Waals surface area (Å²) in [7, 11) is 0. The molecule has 0 unspecified atom stereocenters. The molecule has 0 aliphatic heterocycles. The molecule has 11 heavy (non-hydrogen) atoms. The number of hydrogen-bond acceptors (Lipinski definition) is 0. The molecular formula is C9H6Br2. The second kappa shape index (κ2) is 4.55. The Kier molecular flexibility index (Phi) is 3.64. The van der Waals surface area contributed by atoms with Crippen LogP contribution in [-0.2, 0) is 0 Å². The highest BCUT2D eigenvalue weighted by atomic mass is 79.9. The Labute approximate surface area is 82.9 Å². The van der Waals surface area contributed by atoms with Gasteiger partial charge in [0.1, 0.15) is 0 Å². The third-order valence-corrected chi connectivity index (χ3v) is 1.98. The maximum absolute atomic E-state index is 3.36. The van der Waals surface area contributed by atoms with Gasteiger partial charge in [-0.1, -0.05) is 44.0 Å². The minimum atomic E-state index is 1.09. The summed E-state index contributed by atoms with van der Waals surface area (Å²) in [5, 5.41) is 0. The van der Waals surface area contributed by atoms with Crippen LogP contribution < -0.4 is 0 Å². The Morgan fingerprint density at radius 1 is 1.18 bits per heavy atom. The zero-order valence-electron chi connectivity index (χ0n) is 5.72. The lowest BCUT2D eigenvalue weighted by molar-refractivity contribution is 1.62. The van der Waals surface area contributed by atoms with Crippen LogP contribution in [0.2, 0.25) is 0 Å². The Hall–Kier alpha value is -0.300. The van der Waals surface area contributed by atoms with Crippen molar-refractivity contribution in [1.82, 2.24) is 0 Å². The molecular weight excluding hydrogens is 268 g/mol. The van der Waals surface area contributed by atoms with E-state index in [4.69, 9.17) is 0 Å². The van der Waals surface area contributed by atoms with Crippen LogP contribution in [0.25, 0.3) is 6.08 Å². The molecule has 0 atom stereocenters. The summed E-state index contributed by atoms with van der Waals surface area (Å²) in [6.45, 7) is 0. The number of halogens is 2. The summed E-state index contributed by atoms with van der Waals surface area (Å²) in [4.78, 5) is 1.70. The summed E-state index contributed by atoms with van der Waals surface area (Å²) >= 11 is 6.51. The minimum Gasteiger partial charge on any atom is -0.113 e. The zero-order chi connectivity index (χ0) is 8.10. The van der Waals surface area contributed by atoms with E-state index in [9.17, 15) is 0 Å². The van der Waals surface area contributed by atoms with Crippen LogP contribution in [0.5, 0.6) is 0 Å². The molecule has 1 aromatic carbocycles. The fourth-order valence-electron chi connectivity index (χ4n) is 0.687. The van der Waals surface area contributed by atoms with E-state index in [1.54, 1.807) is 4.99 Å². The molecule has 0 aliphatic carbocycles. The van der Waals surface area contributed by atoms with Crippen LogP contribution in [0, 0.1) is 0 Å². The van der Waals surface area contributed by atoms with E-state index in [2.05, 4.69) is 37.6 Å². The molecule has 0 nitrogen and oxygen atoms in total. The Balaban J connectivity index is 2.90. The van der Waals surface area contributed by atoms with E-state index in [0.717, 1.165) is 10.0 Å². The van der Waals surface area contributed by atoms with Crippen molar-refractivity contribution in [3.05, 3.63) is 45.0 Å². The molecule has 0 heterocycles. The number of hydrogen-bond donors (Lipinski definition) is 0. The minimum absolute atomic E-state index is 1.09. The van der Waals surface area contributed by atoms with Gasteiger partial charge in [0, 0.05) is 9.46 Å². The second-order valence-corrected chi connectivity index (χ2v) is 3.35. The monoisotopic (exact) mass is 272 g/mol. The van der Waals surface area contributed by atoms with Gasteiger partial charge in [-0.2, -0.15) is 0 Å². The van der Waals surface area contributed by atoms with Crippen molar-refractivity contribution in [2.45, 2.75) is 0 Å². The molecule has 0 saturated heterocycles. The van der Waals surface area contributed by atoms with Crippen LogP contribution in [-0.4, -0.2) is 0 Å². The van der Waals surface area contributed by atoms with E-state index < -0.39 is 0 Å². The fraction of sp³-hybridized carbons (Fsp3) is 0. The van der Waals surface area contributed by atoms with Crippen molar-refractivity contribution >= 4 is 37.9 Å². The lowest BCUT2D eigenvalue weighted by atomic mass is 10.2. The van der Waals surface area contributed by atoms with Gasteiger partial charge in [0.05, 0.1) is 0 Å². The molecule has 0 bridgehead atoms. The fourth-order valence-corrected chi connectivity index (χ4v) is 1.08. The Morgan fingerprint density at radius 3 is 2.36 bits per heavy atom. The quantitative estimate of drug-likeness (QED) is 0.680. The Morgan fingerprint density at radius 2 is 1.82 bits per heavy atom. The maximum Gasteiger partial charge on any atom is 0.0232 e. The highest BCUT2D eigenvalue weighted by Gasteiger charge is 1.84. The van der Waals surface area contributed by atoms with Gasteiger partial charge in [0.2, 0.25) is 0 Å². The van der Waals surface area contributed by atoms with Gasteiger partial charge in [-0.3, -0.25) is 0 Å². The average Bonchev–Trinajstić information content (AvgIpc) is 2.04. The highest BCUT2D eigenvalue weighted by molar-refractivity contribution is 9.11. The van der Waals surface area contributed by atoms with Gasteiger partial charge in [0.25, 0.3) is 0 Å². The van der Waals surface area contributed by atoms with Crippen molar-refractivity contribution < 1.29 is 0 Å². The molecule has 0 radical (unpaired) electrons. The predicted molar refractivity (Wildman–Crippen MR) is 55.6 cm³/mol. The summed E-state index contributed by atoms with van der Waals surface area (Å²) in [6, 6.07) is 8.05. The predicted octanol–water partition coefficient (Wildman–Crippen LogP) is 3.97. The first-order valence-electron chi connectivity index (χ1n) is 3.09. The lowest BCUT2D eigenvalue weighted by Gasteiger charge is -1.90. The summed E-state index contributed by atoms with van der Waals surface area (Å²) in [5.74, 6) is 0. The standard InChI is InChI=1S/C9H6Br2/c10-7-1-2-8-3-5-9(11)6-4-8/h2-7H. The third-order valence-electron chi connectivity index (χ3n) is 1.18. The van der Waals surface area contributed by atoms with E-state index in [1.807, 2.05) is 30.3 Å². The van der Waals surface area contributed by atoms with Gasteiger partial charge in [-0.05, 0) is 23.8 Å². The van der Waals surface area contributed by atoms with Gasteiger partial charge in [-0.15, -0.1) is 5.73 Å². The molecule has 56 valence electrons. The third kappa shape index (κ3) is 3.06. The first kappa shape index (κ1) is 8.79. The Bertz CT molecular complexity index is 279. The summed E-state index contributed by atoms with van der Waals surface area (Å²) in [6.07, 6.45) is 1.90. The molecule has 0 fully saturated rings. The average molecular weight is 274 g/mol. The normalized spacial score (nSPS) is 8.55. The van der Waals surface area contributed by atoms with Gasteiger partial charge in [-0.25, -0.2) is 0 Å². The smallest absolute Gasteiger partial charge is 0.0232 e. The summed E-state index contributed by atoms with van der Waals surface area (Å²) in [5.41, 5.74) is 4.08. The molecule has 0 saturated carbocycles. The van der Waals surface area contributed by atoms with Crippen LogP contribution in [0.1, 0.15) is 5.56 Å². The van der Waals surface area contributed by atoms with Gasteiger partial charge < -0.3 is 0 Å². The van der Waals surface area contributed by atoms with E-state index in [0.29, 0.717) is 0 Å². The molecule has 0 aliphatic rings. The van der Waals surface area contributed by atoms with Crippen LogP contribution in [0.15, 0.2) is 39.5 Å². The first-order valence-corrected chi connectivity index (χ1v) is 4.80. The van der Waals surface area contributed by atoms with Crippen molar-refractivity contribution in [1.29, 1.82) is 0 Å². The molecule has 0 spiro atoms. The highest BCUT2D eigenvalue weighted by Crippen LogP contribution is 2.10. The van der Waals surface area contributed by atoms with Gasteiger partial charge >= 0.3 is 0 Å². The molecule has 2 heteroatoms. The SMILES string of the molecule is BrC=C=Cc1ccc(Br)cc1. The van der Waals surface area contributed by atoms with E-state index in [-0.39, 0.29) is 0 Å². The summed E-state index contributed by atoms with van der Waals surface area (Å²) < 4.78 is 1.09. The van der Waals surface area contributed by atoms with E-state index >= 15 is 0 Å². The lowest BCUT2D eigenvalue weighted by Crippen LogP contribution is -1.68. The van der Waals surface area contributed by atoms with Crippen molar-refractivity contribution in [2.75, 3.05) is 0 Å². The molecule has 1 rings (SSSR count). The molecule has 0 N–H and O–H groups in total. The topological polar surface area (TPSA) is 0 Å². The van der Waals surface area contributed by atoms with Crippen molar-refractivity contribution in [3.8, 4) is 0 Å². The molecule has 1 aromatic rings. The molecule has 0 amide bonds. The van der Waals surface area contributed by atoms with Gasteiger partial charge in [0.15, 0.2) is 0 Å². The van der Waals surface area contributed by atoms with Crippen molar-refractivity contribution in [2.24, 2.45) is 0 Å². The van der Waals surface area contributed by atoms with Crippen LogP contribution in [0.4, 0.5) is 0 Å².